The van der Waals surface area contributed by atoms with Crippen LogP contribution in [0.2, 0.25) is 0 Å². The molecular formula is C16H16FN3O. The van der Waals surface area contributed by atoms with Gasteiger partial charge in [0.2, 0.25) is 5.91 Å². The maximum atomic E-state index is 13.5. The number of benzene rings is 1. The van der Waals surface area contributed by atoms with Gasteiger partial charge in [-0.25, -0.2) is 4.39 Å². The number of hydrogen-bond donors (Lipinski definition) is 1. The van der Waals surface area contributed by atoms with Gasteiger partial charge in [-0.2, -0.15) is 10.5 Å². The van der Waals surface area contributed by atoms with E-state index in [2.05, 4.69) is 11.4 Å². The molecule has 0 unspecified atom stereocenters. The third-order valence-corrected chi connectivity index (χ3v) is 3.98. The summed E-state index contributed by atoms with van der Waals surface area (Å²) >= 11 is 0. The zero-order valence-corrected chi connectivity index (χ0v) is 11.7. The van der Waals surface area contributed by atoms with Crippen LogP contribution in [0.15, 0.2) is 18.2 Å². The van der Waals surface area contributed by atoms with Crippen LogP contribution in [0.1, 0.15) is 44.1 Å². The summed E-state index contributed by atoms with van der Waals surface area (Å²) in [6.07, 6.45) is 4.70. The molecule has 2 rings (SSSR count). The minimum atomic E-state index is -1.07. The van der Waals surface area contributed by atoms with E-state index in [1.807, 2.05) is 0 Å². The van der Waals surface area contributed by atoms with Crippen molar-refractivity contribution in [2.45, 2.75) is 38.5 Å². The third kappa shape index (κ3) is 3.03. The smallest absolute Gasteiger partial charge is 0.244 e. The Kier molecular flexibility index (Phi) is 4.55. The Balaban J connectivity index is 2.27. The monoisotopic (exact) mass is 285 g/mol. The highest BCUT2D eigenvalue weighted by Crippen LogP contribution is 2.36. The lowest BCUT2D eigenvalue weighted by molar-refractivity contribution is -0.123. The van der Waals surface area contributed by atoms with E-state index >= 15 is 0 Å². The predicted octanol–water partition coefficient (Wildman–Crippen LogP) is 3.50. The lowest BCUT2D eigenvalue weighted by Gasteiger charge is -2.23. The molecular weight excluding hydrogens is 269 g/mol. The first kappa shape index (κ1) is 15.0. The molecule has 1 aromatic rings. The van der Waals surface area contributed by atoms with Gasteiger partial charge in [0.25, 0.3) is 0 Å². The largest absolute Gasteiger partial charge is 0.323 e. The maximum Gasteiger partial charge on any atom is 0.244 e. The SMILES string of the molecule is N#Cc1c(F)cccc1NC(=O)C1(C#N)CCCCCC1. The summed E-state index contributed by atoms with van der Waals surface area (Å²) in [6.45, 7) is 0. The fourth-order valence-electron chi connectivity index (χ4n) is 2.71. The molecule has 1 amide bonds. The molecule has 1 aliphatic carbocycles. The Morgan fingerprint density at radius 3 is 2.43 bits per heavy atom. The number of amides is 1. The Morgan fingerprint density at radius 2 is 1.86 bits per heavy atom. The van der Waals surface area contributed by atoms with E-state index in [4.69, 9.17) is 5.26 Å². The highest BCUT2D eigenvalue weighted by Gasteiger charge is 2.39. The minimum absolute atomic E-state index is 0.126. The summed E-state index contributed by atoms with van der Waals surface area (Å²) in [6, 6.07) is 7.95. The van der Waals surface area contributed by atoms with Crippen molar-refractivity contribution in [3.8, 4) is 12.1 Å². The van der Waals surface area contributed by atoms with Crippen LogP contribution >= 0.6 is 0 Å². The Labute approximate surface area is 123 Å². The van der Waals surface area contributed by atoms with E-state index in [0.29, 0.717) is 12.8 Å². The number of anilines is 1. The lowest BCUT2D eigenvalue weighted by Crippen LogP contribution is -2.34. The molecule has 21 heavy (non-hydrogen) atoms. The van der Waals surface area contributed by atoms with Gasteiger partial charge >= 0.3 is 0 Å². The maximum absolute atomic E-state index is 13.5. The Hall–Kier alpha value is -2.40. The van der Waals surface area contributed by atoms with Crippen molar-refractivity contribution >= 4 is 11.6 Å². The Morgan fingerprint density at radius 1 is 1.19 bits per heavy atom. The van der Waals surface area contributed by atoms with Gasteiger partial charge in [0.05, 0.1) is 11.8 Å². The highest BCUT2D eigenvalue weighted by molar-refractivity contribution is 5.98. The fraction of sp³-hybridized carbons (Fsp3) is 0.438. The number of rotatable bonds is 2. The van der Waals surface area contributed by atoms with Gasteiger partial charge in [-0.15, -0.1) is 0 Å². The van der Waals surface area contributed by atoms with Gasteiger partial charge in [-0.3, -0.25) is 4.79 Å². The third-order valence-electron chi connectivity index (χ3n) is 3.98. The van der Waals surface area contributed by atoms with Crippen LogP contribution in [0.3, 0.4) is 0 Å². The van der Waals surface area contributed by atoms with Crippen molar-refractivity contribution < 1.29 is 9.18 Å². The van der Waals surface area contributed by atoms with Gasteiger partial charge in [0.1, 0.15) is 22.9 Å². The van der Waals surface area contributed by atoms with E-state index in [1.165, 1.54) is 18.2 Å². The van der Waals surface area contributed by atoms with Crippen LogP contribution in [0.5, 0.6) is 0 Å². The van der Waals surface area contributed by atoms with Crippen LogP contribution < -0.4 is 5.32 Å². The first-order chi connectivity index (χ1) is 10.1. The molecule has 0 bridgehead atoms. The topological polar surface area (TPSA) is 76.7 Å². The molecule has 0 spiro atoms. The second-order valence-electron chi connectivity index (χ2n) is 5.34. The van der Waals surface area contributed by atoms with E-state index < -0.39 is 17.1 Å². The van der Waals surface area contributed by atoms with Crippen LogP contribution in [-0.2, 0) is 4.79 Å². The van der Waals surface area contributed by atoms with Crippen LogP contribution in [0, 0.1) is 33.9 Å². The first-order valence-corrected chi connectivity index (χ1v) is 7.04. The molecule has 1 fully saturated rings. The number of hydrogen-bond acceptors (Lipinski definition) is 3. The standard InChI is InChI=1S/C16H16FN3O/c17-13-6-5-7-14(12(13)10-18)20-15(21)16(11-19)8-3-1-2-4-9-16/h5-7H,1-4,8-9H2,(H,20,21). The number of carbonyl (C=O) groups is 1. The van der Waals surface area contributed by atoms with Crippen molar-refractivity contribution in [3.63, 3.8) is 0 Å². The van der Waals surface area contributed by atoms with Gasteiger partial charge in [0.15, 0.2) is 0 Å². The van der Waals surface area contributed by atoms with Crippen molar-refractivity contribution in [3.05, 3.63) is 29.6 Å². The molecule has 0 atom stereocenters. The normalized spacial score (nSPS) is 17.1. The highest BCUT2D eigenvalue weighted by atomic mass is 19.1. The number of nitrogens with one attached hydrogen (secondary N) is 1. The van der Waals surface area contributed by atoms with Crippen molar-refractivity contribution in [2.24, 2.45) is 5.41 Å². The number of nitriles is 2. The summed E-state index contributed by atoms with van der Waals surface area (Å²) in [4.78, 5) is 12.5. The van der Waals surface area contributed by atoms with E-state index in [1.54, 1.807) is 6.07 Å². The molecule has 0 aromatic heterocycles. The molecule has 108 valence electrons. The van der Waals surface area contributed by atoms with E-state index in [-0.39, 0.29) is 11.3 Å². The average Bonchev–Trinajstić information content (AvgIpc) is 2.74. The van der Waals surface area contributed by atoms with Gasteiger partial charge < -0.3 is 5.32 Å². The fourth-order valence-corrected chi connectivity index (χ4v) is 2.71. The van der Waals surface area contributed by atoms with Crippen LogP contribution in [-0.4, -0.2) is 5.91 Å². The second-order valence-corrected chi connectivity index (χ2v) is 5.34. The molecule has 1 N–H and O–H groups in total. The number of nitrogens with zero attached hydrogens (tertiary/aromatic N) is 2. The summed E-state index contributed by atoms with van der Waals surface area (Å²) in [5.41, 5.74) is -1.15. The first-order valence-electron chi connectivity index (χ1n) is 7.04. The van der Waals surface area contributed by atoms with Gasteiger partial charge in [-0.1, -0.05) is 31.7 Å². The molecule has 0 saturated heterocycles. The average molecular weight is 285 g/mol. The molecule has 1 aromatic carbocycles. The van der Waals surface area contributed by atoms with Crippen molar-refractivity contribution in [1.82, 2.24) is 0 Å². The Bertz CT molecular complexity index is 619. The van der Waals surface area contributed by atoms with Gasteiger partial charge in [0, 0.05) is 0 Å². The lowest BCUT2D eigenvalue weighted by atomic mass is 9.81. The zero-order chi connectivity index (χ0) is 15.3. The van der Waals surface area contributed by atoms with Crippen LogP contribution in [0.4, 0.5) is 10.1 Å². The van der Waals surface area contributed by atoms with Crippen molar-refractivity contribution in [2.75, 3.05) is 5.32 Å². The van der Waals surface area contributed by atoms with E-state index in [9.17, 15) is 14.4 Å². The number of halogens is 1. The van der Waals surface area contributed by atoms with E-state index in [0.717, 1.165) is 25.7 Å². The minimum Gasteiger partial charge on any atom is -0.323 e. The molecule has 4 nitrogen and oxygen atoms in total. The summed E-state index contributed by atoms with van der Waals surface area (Å²) in [5.74, 6) is -1.11. The summed E-state index contributed by atoms with van der Waals surface area (Å²) in [5, 5.41) is 21.0. The molecule has 0 radical (unpaired) electrons. The molecule has 0 heterocycles. The summed E-state index contributed by atoms with van der Waals surface area (Å²) in [7, 11) is 0. The van der Waals surface area contributed by atoms with Gasteiger partial charge in [-0.05, 0) is 25.0 Å². The van der Waals surface area contributed by atoms with Crippen LogP contribution in [0.25, 0.3) is 0 Å². The second kappa shape index (κ2) is 6.37. The molecule has 0 aliphatic heterocycles. The molecule has 1 aliphatic rings. The zero-order valence-electron chi connectivity index (χ0n) is 11.7. The predicted molar refractivity (Wildman–Crippen MR) is 75.5 cm³/mol. The number of carbonyl (C=O) groups excluding carboxylic acids is 1. The van der Waals surface area contributed by atoms with Crippen molar-refractivity contribution in [1.29, 1.82) is 10.5 Å². The quantitative estimate of drug-likeness (QED) is 0.845. The molecule has 5 heteroatoms. The summed E-state index contributed by atoms with van der Waals surface area (Å²) < 4.78 is 13.5. The molecule has 1 saturated carbocycles.